The molecule has 122 valence electrons. The maximum Gasteiger partial charge on any atom is 0.322 e. The molecule has 0 radical (unpaired) electrons. The van der Waals surface area contributed by atoms with E-state index in [1.54, 1.807) is 36.4 Å². The standard InChI is InChI=1S/C17H10ClN5O2/c1-25-15(24)17-12(10-4-2-3-5-11(10)18)16(17,8-21)13(23-14(17)22)9(6-19)7-20/h2-5,12H,1H3,(H2,22,23). The van der Waals surface area contributed by atoms with Crippen LogP contribution in [-0.2, 0) is 9.53 Å². The van der Waals surface area contributed by atoms with Gasteiger partial charge >= 0.3 is 5.97 Å². The molecule has 0 bridgehead atoms. The van der Waals surface area contributed by atoms with Gasteiger partial charge in [0.15, 0.2) is 11.0 Å². The summed E-state index contributed by atoms with van der Waals surface area (Å²) in [7, 11) is 1.17. The van der Waals surface area contributed by atoms with Crippen molar-refractivity contribution in [2.45, 2.75) is 5.92 Å². The Labute approximate surface area is 148 Å². The predicted molar refractivity (Wildman–Crippen MR) is 86.6 cm³/mol. The van der Waals surface area contributed by atoms with Crippen LogP contribution in [0.3, 0.4) is 0 Å². The third-order valence-corrected chi connectivity index (χ3v) is 5.12. The molecule has 2 N–H and O–H groups in total. The number of carbonyl (C=O) groups is 1. The van der Waals surface area contributed by atoms with Crippen molar-refractivity contribution in [1.82, 2.24) is 0 Å². The van der Waals surface area contributed by atoms with Crippen molar-refractivity contribution in [1.29, 1.82) is 15.8 Å². The van der Waals surface area contributed by atoms with Gasteiger partial charge in [-0.3, -0.25) is 4.79 Å². The molecule has 0 amide bonds. The molecule has 1 fully saturated rings. The topological polar surface area (TPSA) is 136 Å². The number of fused-ring (bicyclic) bond motifs is 1. The molecule has 2 aliphatic rings. The molecule has 0 aromatic heterocycles. The quantitative estimate of drug-likeness (QED) is 0.637. The molecule has 0 saturated heterocycles. The van der Waals surface area contributed by atoms with Crippen LogP contribution in [0.5, 0.6) is 0 Å². The number of carbonyl (C=O) groups excluding carboxylic acids is 1. The Bertz CT molecular complexity index is 978. The number of methoxy groups -OCH3 is 1. The average Bonchev–Trinajstić information content (AvgIpc) is 3.17. The second-order valence-corrected chi connectivity index (χ2v) is 6.03. The van der Waals surface area contributed by atoms with Crippen LogP contribution in [0.25, 0.3) is 0 Å². The van der Waals surface area contributed by atoms with Crippen LogP contribution in [0.2, 0.25) is 5.02 Å². The lowest BCUT2D eigenvalue weighted by molar-refractivity contribution is -0.145. The monoisotopic (exact) mass is 351 g/mol. The largest absolute Gasteiger partial charge is 0.468 e. The molecular weight excluding hydrogens is 342 g/mol. The summed E-state index contributed by atoms with van der Waals surface area (Å²) in [5, 5.41) is 28.7. The molecule has 0 spiro atoms. The van der Waals surface area contributed by atoms with Gasteiger partial charge in [0.2, 0.25) is 0 Å². The molecule has 1 heterocycles. The first-order valence-corrected chi connectivity index (χ1v) is 7.48. The van der Waals surface area contributed by atoms with E-state index in [1.807, 2.05) is 0 Å². The number of benzene rings is 1. The molecule has 3 atom stereocenters. The first kappa shape index (κ1) is 16.5. The van der Waals surface area contributed by atoms with E-state index in [9.17, 15) is 20.6 Å². The van der Waals surface area contributed by atoms with Crippen molar-refractivity contribution in [3.63, 3.8) is 0 Å². The lowest BCUT2D eigenvalue weighted by atomic mass is 9.91. The number of hydrogen-bond donors (Lipinski definition) is 1. The van der Waals surface area contributed by atoms with Gasteiger partial charge in [-0.15, -0.1) is 0 Å². The minimum absolute atomic E-state index is 0.118. The van der Waals surface area contributed by atoms with E-state index in [-0.39, 0.29) is 17.1 Å². The van der Waals surface area contributed by atoms with Gasteiger partial charge in [0.05, 0.1) is 18.9 Å². The van der Waals surface area contributed by atoms with E-state index in [0.717, 1.165) is 0 Å². The molecule has 1 aliphatic heterocycles. The Kier molecular flexibility index (Phi) is 3.53. The summed E-state index contributed by atoms with van der Waals surface area (Å²) in [6.07, 6.45) is 0. The molecule has 1 aromatic carbocycles. The molecule has 1 saturated carbocycles. The normalized spacial score (nSPS) is 28.7. The van der Waals surface area contributed by atoms with Gasteiger partial charge in [-0.25, -0.2) is 4.99 Å². The van der Waals surface area contributed by atoms with E-state index < -0.39 is 22.7 Å². The fourth-order valence-electron chi connectivity index (χ4n) is 3.75. The zero-order valence-electron chi connectivity index (χ0n) is 12.9. The summed E-state index contributed by atoms with van der Waals surface area (Å²) in [5.74, 6) is -1.72. The number of esters is 1. The minimum atomic E-state index is -1.60. The Morgan fingerprint density at radius 1 is 1.32 bits per heavy atom. The second-order valence-electron chi connectivity index (χ2n) is 5.62. The summed E-state index contributed by atoms with van der Waals surface area (Å²) < 4.78 is 4.88. The zero-order chi connectivity index (χ0) is 18.4. The number of hydrogen-bond acceptors (Lipinski definition) is 7. The number of nitriles is 3. The van der Waals surface area contributed by atoms with E-state index >= 15 is 0 Å². The maximum atomic E-state index is 12.6. The number of amidine groups is 1. The number of aliphatic imine (C=N–C) groups is 1. The average molecular weight is 352 g/mol. The minimum Gasteiger partial charge on any atom is -0.468 e. The van der Waals surface area contributed by atoms with Gasteiger partial charge in [-0.05, 0) is 11.6 Å². The van der Waals surface area contributed by atoms with Crippen LogP contribution in [0.4, 0.5) is 0 Å². The predicted octanol–water partition coefficient (Wildman–Crippen LogP) is 1.78. The van der Waals surface area contributed by atoms with Gasteiger partial charge in [0.25, 0.3) is 0 Å². The van der Waals surface area contributed by atoms with Crippen molar-refractivity contribution in [2.75, 3.05) is 7.11 Å². The van der Waals surface area contributed by atoms with Crippen LogP contribution in [0.1, 0.15) is 11.5 Å². The summed E-state index contributed by atoms with van der Waals surface area (Å²) in [5.41, 5.74) is 2.82. The lowest BCUT2D eigenvalue weighted by Crippen LogP contribution is -2.35. The number of nitrogens with zero attached hydrogens (tertiary/aromatic N) is 4. The van der Waals surface area contributed by atoms with Gasteiger partial charge in [0.1, 0.15) is 23.4 Å². The Hall–Kier alpha value is -3.34. The molecule has 3 rings (SSSR count). The fraction of sp³-hybridized carbons (Fsp3) is 0.235. The Balaban J connectivity index is 2.38. The van der Waals surface area contributed by atoms with Gasteiger partial charge in [0, 0.05) is 10.9 Å². The Morgan fingerprint density at radius 3 is 2.48 bits per heavy atom. The first-order chi connectivity index (χ1) is 12.0. The molecule has 3 unspecified atom stereocenters. The third-order valence-electron chi connectivity index (χ3n) is 4.77. The summed E-state index contributed by atoms with van der Waals surface area (Å²) in [6.45, 7) is 0. The van der Waals surface area contributed by atoms with Crippen molar-refractivity contribution in [3.8, 4) is 18.2 Å². The smallest absolute Gasteiger partial charge is 0.322 e. The lowest BCUT2D eigenvalue weighted by Gasteiger charge is -2.13. The van der Waals surface area contributed by atoms with Crippen LogP contribution in [-0.4, -0.2) is 18.9 Å². The molecule has 1 aromatic rings. The highest BCUT2D eigenvalue weighted by Crippen LogP contribution is 2.81. The van der Waals surface area contributed by atoms with Gasteiger partial charge in [-0.1, -0.05) is 29.8 Å². The number of rotatable bonds is 2. The number of allylic oxidation sites excluding steroid dienone is 2. The van der Waals surface area contributed by atoms with Crippen LogP contribution < -0.4 is 5.73 Å². The molecule has 1 aliphatic carbocycles. The second kappa shape index (κ2) is 5.34. The van der Waals surface area contributed by atoms with Gasteiger partial charge < -0.3 is 10.5 Å². The van der Waals surface area contributed by atoms with Crippen LogP contribution in [0.15, 0.2) is 40.5 Å². The fourth-order valence-corrected chi connectivity index (χ4v) is 4.00. The first-order valence-electron chi connectivity index (χ1n) is 7.11. The molecular formula is C17H10ClN5O2. The highest BCUT2D eigenvalue weighted by molar-refractivity contribution is 6.32. The van der Waals surface area contributed by atoms with Crippen molar-refractivity contribution >= 4 is 23.4 Å². The van der Waals surface area contributed by atoms with Crippen LogP contribution >= 0.6 is 11.6 Å². The van der Waals surface area contributed by atoms with Crippen LogP contribution in [0, 0.1) is 44.8 Å². The van der Waals surface area contributed by atoms with E-state index in [2.05, 4.69) is 11.1 Å². The summed E-state index contributed by atoms with van der Waals surface area (Å²) in [4.78, 5) is 16.6. The number of halogens is 1. The highest BCUT2D eigenvalue weighted by atomic mass is 35.5. The maximum absolute atomic E-state index is 12.6. The number of ether oxygens (including phenoxy) is 1. The highest BCUT2D eigenvalue weighted by Gasteiger charge is 2.90. The van der Waals surface area contributed by atoms with Gasteiger partial charge in [-0.2, -0.15) is 15.8 Å². The van der Waals surface area contributed by atoms with Crippen molar-refractivity contribution in [2.24, 2.45) is 21.6 Å². The zero-order valence-corrected chi connectivity index (χ0v) is 13.7. The summed E-state index contributed by atoms with van der Waals surface area (Å²) >= 11 is 6.25. The summed E-state index contributed by atoms with van der Waals surface area (Å²) in [6, 6.07) is 12.2. The molecule has 25 heavy (non-hydrogen) atoms. The molecule has 8 heteroatoms. The van der Waals surface area contributed by atoms with Crippen molar-refractivity contribution < 1.29 is 9.53 Å². The van der Waals surface area contributed by atoms with E-state index in [4.69, 9.17) is 22.1 Å². The van der Waals surface area contributed by atoms with E-state index in [0.29, 0.717) is 10.6 Å². The third kappa shape index (κ3) is 1.67. The van der Waals surface area contributed by atoms with E-state index in [1.165, 1.54) is 7.11 Å². The molecule has 7 nitrogen and oxygen atoms in total. The Morgan fingerprint density at radius 2 is 1.96 bits per heavy atom. The van der Waals surface area contributed by atoms with Crippen molar-refractivity contribution in [3.05, 3.63) is 46.1 Å². The SMILES string of the molecule is COC(=O)C12C(N)=NC(=C(C#N)C#N)C1(C#N)C2c1ccccc1Cl. The number of nitrogens with two attached hydrogens (primary N) is 1.